The van der Waals surface area contributed by atoms with Gasteiger partial charge < -0.3 is 15.4 Å². The zero-order valence-corrected chi connectivity index (χ0v) is 15.6. The van der Waals surface area contributed by atoms with E-state index in [1.54, 1.807) is 48.5 Å². The molecule has 0 aliphatic rings. The van der Waals surface area contributed by atoms with Gasteiger partial charge in [-0.2, -0.15) is 0 Å². The van der Waals surface area contributed by atoms with E-state index in [1.165, 1.54) is 25.3 Å². The Morgan fingerprint density at radius 1 is 1.00 bits per heavy atom. The Morgan fingerprint density at radius 3 is 2.36 bits per heavy atom. The Kier molecular flexibility index (Phi) is 5.76. The van der Waals surface area contributed by atoms with Gasteiger partial charge in [-0.25, -0.2) is 0 Å². The van der Waals surface area contributed by atoms with Gasteiger partial charge in [0, 0.05) is 12.1 Å². The summed E-state index contributed by atoms with van der Waals surface area (Å²) >= 11 is 6.14. The fourth-order valence-corrected chi connectivity index (χ4v) is 2.81. The van der Waals surface area contributed by atoms with Crippen LogP contribution in [0.5, 0.6) is 5.75 Å². The average molecular weight is 398 g/mol. The first-order valence-corrected chi connectivity index (χ1v) is 8.61. The van der Waals surface area contributed by atoms with Crippen molar-refractivity contribution < 1.29 is 14.5 Å². The van der Waals surface area contributed by atoms with E-state index in [1.807, 2.05) is 0 Å². The molecule has 0 saturated heterocycles. The highest BCUT2D eigenvalue weighted by Crippen LogP contribution is 2.31. The molecule has 8 heteroatoms. The summed E-state index contributed by atoms with van der Waals surface area (Å²) in [6.07, 6.45) is 0. The van der Waals surface area contributed by atoms with E-state index in [4.69, 9.17) is 16.3 Å². The summed E-state index contributed by atoms with van der Waals surface area (Å²) in [5, 5.41) is 16.9. The number of non-ortho nitro benzene ring substituents is 1. The molecular weight excluding hydrogens is 382 g/mol. The van der Waals surface area contributed by atoms with E-state index in [-0.39, 0.29) is 16.6 Å². The fraction of sp³-hybridized carbons (Fsp3) is 0.0500. The molecule has 0 heterocycles. The van der Waals surface area contributed by atoms with Crippen LogP contribution in [0.3, 0.4) is 0 Å². The lowest BCUT2D eigenvalue weighted by Crippen LogP contribution is -2.14. The van der Waals surface area contributed by atoms with Crippen molar-refractivity contribution in [3.63, 3.8) is 0 Å². The molecule has 28 heavy (non-hydrogen) atoms. The average Bonchev–Trinajstić information content (AvgIpc) is 2.70. The molecule has 142 valence electrons. The van der Waals surface area contributed by atoms with Crippen molar-refractivity contribution in [3.05, 3.63) is 87.4 Å². The molecule has 0 aliphatic heterocycles. The van der Waals surface area contributed by atoms with Gasteiger partial charge in [-0.15, -0.1) is 0 Å². The molecule has 3 aromatic carbocycles. The highest BCUT2D eigenvalue weighted by Gasteiger charge is 2.15. The van der Waals surface area contributed by atoms with Crippen LogP contribution < -0.4 is 15.4 Å². The number of amides is 1. The van der Waals surface area contributed by atoms with Crippen LogP contribution in [0.1, 0.15) is 10.4 Å². The van der Waals surface area contributed by atoms with Crippen molar-refractivity contribution in [1.82, 2.24) is 0 Å². The van der Waals surface area contributed by atoms with Crippen LogP contribution >= 0.6 is 11.6 Å². The summed E-state index contributed by atoms with van der Waals surface area (Å²) in [4.78, 5) is 23.1. The maximum absolute atomic E-state index is 12.8. The second-order valence-corrected chi connectivity index (χ2v) is 6.15. The number of ether oxygens (including phenoxy) is 1. The second-order valence-electron chi connectivity index (χ2n) is 5.75. The number of methoxy groups -OCH3 is 1. The quantitative estimate of drug-likeness (QED) is 0.437. The molecule has 0 unspecified atom stereocenters. The normalized spacial score (nSPS) is 10.2. The highest BCUT2D eigenvalue weighted by molar-refractivity contribution is 6.33. The van der Waals surface area contributed by atoms with Crippen molar-refractivity contribution in [2.75, 3.05) is 17.7 Å². The fourth-order valence-electron chi connectivity index (χ4n) is 2.59. The van der Waals surface area contributed by atoms with Gasteiger partial charge in [0.05, 0.1) is 39.7 Å². The number of anilines is 3. The molecule has 2 N–H and O–H groups in total. The van der Waals surface area contributed by atoms with Crippen molar-refractivity contribution in [3.8, 4) is 5.75 Å². The Labute approximate surface area is 166 Å². The number of rotatable bonds is 6. The summed E-state index contributed by atoms with van der Waals surface area (Å²) in [7, 11) is 1.52. The van der Waals surface area contributed by atoms with Crippen molar-refractivity contribution in [2.24, 2.45) is 0 Å². The minimum atomic E-state index is -0.524. The van der Waals surface area contributed by atoms with Crippen LogP contribution in [0.25, 0.3) is 0 Å². The summed E-state index contributed by atoms with van der Waals surface area (Å²) in [5.74, 6) is 0.199. The first-order valence-electron chi connectivity index (χ1n) is 8.24. The molecule has 7 nitrogen and oxygen atoms in total. The number of carbonyl (C=O) groups excluding carboxylic acids is 1. The van der Waals surface area contributed by atoms with Crippen molar-refractivity contribution in [2.45, 2.75) is 0 Å². The standard InChI is InChI=1S/C20H16ClN3O4/c1-28-19-9-5-4-8-18(19)23-20(25)14-6-2-3-7-16(14)22-17-11-10-13(24(26)27)12-15(17)21/h2-12,22H,1H3,(H,23,25). The smallest absolute Gasteiger partial charge is 0.271 e. The topological polar surface area (TPSA) is 93.5 Å². The van der Waals surface area contributed by atoms with Gasteiger partial charge in [-0.05, 0) is 30.3 Å². The van der Waals surface area contributed by atoms with Gasteiger partial charge in [0.1, 0.15) is 5.75 Å². The van der Waals surface area contributed by atoms with E-state index < -0.39 is 4.92 Å². The molecule has 0 spiro atoms. The number of benzene rings is 3. The lowest BCUT2D eigenvalue weighted by Gasteiger charge is -2.14. The van der Waals surface area contributed by atoms with Crippen LogP contribution in [-0.4, -0.2) is 17.9 Å². The predicted octanol–water partition coefficient (Wildman–Crippen LogP) is 5.25. The minimum Gasteiger partial charge on any atom is -0.495 e. The summed E-state index contributed by atoms with van der Waals surface area (Å²) in [6.45, 7) is 0. The molecule has 1 amide bonds. The maximum atomic E-state index is 12.8. The number of nitro groups is 1. The zero-order chi connectivity index (χ0) is 20.1. The monoisotopic (exact) mass is 397 g/mol. The molecule has 0 bridgehead atoms. The summed E-state index contributed by atoms with van der Waals surface area (Å²) < 4.78 is 5.25. The third kappa shape index (κ3) is 4.21. The molecular formula is C20H16ClN3O4. The van der Waals surface area contributed by atoms with E-state index in [9.17, 15) is 14.9 Å². The molecule has 0 fully saturated rings. The van der Waals surface area contributed by atoms with Gasteiger partial charge in [0.15, 0.2) is 0 Å². The summed E-state index contributed by atoms with van der Waals surface area (Å²) in [5.41, 5.74) is 1.76. The van der Waals surface area contributed by atoms with Gasteiger partial charge in [0.25, 0.3) is 11.6 Å². The molecule has 0 radical (unpaired) electrons. The van der Waals surface area contributed by atoms with Crippen LogP contribution in [0, 0.1) is 10.1 Å². The predicted molar refractivity (Wildman–Crippen MR) is 109 cm³/mol. The van der Waals surface area contributed by atoms with Gasteiger partial charge >= 0.3 is 0 Å². The molecule has 3 aromatic rings. The Hall–Kier alpha value is -3.58. The van der Waals surface area contributed by atoms with Crippen molar-refractivity contribution >= 4 is 40.3 Å². The Bertz CT molecular complexity index is 1040. The number of hydrogen-bond donors (Lipinski definition) is 2. The third-order valence-electron chi connectivity index (χ3n) is 3.96. The number of carbonyl (C=O) groups is 1. The van der Waals surface area contributed by atoms with Crippen LogP contribution in [0.15, 0.2) is 66.7 Å². The van der Waals surface area contributed by atoms with Crippen LogP contribution in [0.2, 0.25) is 5.02 Å². The minimum absolute atomic E-state index is 0.113. The Balaban J connectivity index is 1.87. The SMILES string of the molecule is COc1ccccc1NC(=O)c1ccccc1Nc1ccc([N+](=O)[O-])cc1Cl. The first-order chi connectivity index (χ1) is 13.5. The van der Waals surface area contributed by atoms with E-state index in [0.717, 1.165) is 0 Å². The molecule has 0 atom stereocenters. The lowest BCUT2D eigenvalue weighted by molar-refractivity contribution is -0.384. The number of nitrogens with one attached hydrogen (secondary N) is 2. The van der Waals surface area contributed by atoms with Gasteiger partial charge in [-0.3, -0.25) is 14.9 Å². The number of halogens is 1. The zero-order valence-electron chi connectivity index (χ0n) is 14.8. The lowest BCUT2D eigenvalue weighted by atomic mass is 10.1. The third-order valence-corrected chi connectivity index (χ3v) is 4.27. The number of nitro benzene ring substituents is 1. The maximum Gasteiger partial charge on any atom is 0.271 e. The van der Waals surface area contributed by atoms with Crippen molar-refractivity contribution in [1.29, 1.82) is 0 Å². The molecule has 0 saturated carbocycles. The molecule has 0 aliphatic carbocycles. The molecule has 3 rings (SSSR count). The van der Waals surface area contributed by atoms with E-state index >= 15 is 0 Å². The Morgan fingerprint density at radius 2 is 1.68 bits per heavy atom. The number of hydrogen-bond acceptors (Lipinski definition) is 5. The van der Waals surface area contributed by atoms with Crippen LogP contribution in [0.4, 0.5) is 22.7 Å². The largest absolute Gasteiger partial charge is 0.495 e. The second kappa shape index (κ2) is 8.41. The number of nitrogens with zero attached hydrogens (tertiary/aromatic N) is 1. The first kappa shape index (κ1) is 19.2. The van der Waals surface area contributed by atoms with Crippen LogP contribution in [-0.2, 0) is 0 Å². The van der Waals surface area contributed by atoms with Gasteiger partial charge in [-0.1, -0.05) is 35.9 Å². The summed E-state index contributed by atoms with van der Waals surface area (Å²) in [6, 6.07) is 18.0. The highest BCUT2D eigenvalue weighted by atomic mass is 35.5. The molecule has 0 aromatic heterocycles. The number of para-hydroxylation sites is 3. The van der Waals surface area contributed by atoms with E-state index in [2.05, 4.69) is 10.6 Å². The van der Waals surface area contributed by atoms with Gasteiger partial charge in [0.2, 0.25) is 0 Å². The van der Waals surface area contributed by atoms with E-state index in [0.29, 0.717) is 28.4 Å².